The minimum Gasteiger partial charge on any atom is -0.479 e. The highest BCUT2D eigenvalue weighted by Crippen LogP contribution is 2.14. The van der Waals surface area contributed by atoms with Crippen LogP contribution >= 0.6 is 0 Å². The van der Waals surface area contributed by atoms with Gasteiger partial charge in [0.2, 0.25) is 0 Å². The molecular formula is C13H12N4O. The van der Waals surface area contributed by atoms with Crippen molar-refractivity contribution < 1.29 is 4.74 Å². The molecule has 0 atom stereocenters. The van der Waals surface area contributed by atoms with Crippen molar-refractivity contribution in [2.45, 2.75) is 6.54 Å². The number of aromatic nitrogens is 2. The standard InChI is InChI=1S/C13H12N4O/c14-4-5-18-13-3-1-2-11(6-13)7-17-12-8-15-10-16-9-12/h1-3,6,8-10,17H,5,7H2. The molecule has 90 valence electrons. The first-order chi connectivity index (χ1) is 8.88. The van der Waals surface area contributed by atoms with Crippen molar-refractivity contribution in [1.29, 1.82) is 5.26 Å². The van der Waals surface area contributed by atoms with Crippen molar-refractivity contribution in [2.24, 2.45) is 0 Å². The number of anilines is 1. The van der Waals surface area contributed by atoms with Crippen LogP contribution in [-0.4, -0.2) is 16.6 Å². The highest BCUT2D eigenvalue weighted by Gasteiger charge is 1.97. The Kier molecular flexibility index (Phi) is 4.09. The van der Waals surface area contributed by atoms with Gasteiger partial charge < -0.3 is 10.1 Å². The number of nitrogens with zero attached hydrogens (tertiary/aromatic N) is 3. The number of benzene rings is 1. The summed E-state index contributed by atoms with van der Waals surface area (Å²) in [5.74, 6) is 0.695. The van der Waals surface area contributed by atoms with Crippen LogP contribution in [0.4, 0.5) is 5.69 Å². The summed E-state index contributed by atoms with van der Waals surface area (Å²) in [5, 5.41) is 11.6. The maximum Gasteiger partial charge on any atom is 0.174 e. The summed E-state index contributed by atoms with van der Waals surface area (Å²) in [7, 11) is 0. The first-order valence-corrected chi connectivity index (χ1v) is 5.46. The fourth-order valence-corrected chi connectivity index (χ4v) is 1.46. The summed E-state index contributed by atoms with van der Waals surface area (Å²) in [4.78, 5) is 7.84. The van der Waals surface area contributed by atoms with E-state index in [0.717, 1.165) is 11.3 Å². The Hall–Kier alpha value is -2.61. The third-order valence-electron chi connectivity index (χ3n) is 2.26. The van der Waals surface area contributed by atoms with Crippen molar-refractivity contribution in [2.75, 3.05) is 11.9 Å². The summed E-state index contributed by atoms with van der Waals surface area (Å²) in [5.41, 5.74) is 1.93. The maximum atomic E-state index is 8.45. The molecule has 2 rings (SSSR count). The van der Waals surface area contributed by atoms with Crippen LogP contribution in [-0.2, 0) is 6.54 Å². The van der Waals surface area contributed by atoms with Gasteiger partial charge in [0, 0.05) is 6.54 Å². The van der Waals surface area contributed by atoms with Gasteiger partial charge in [-0.15, -0.1) is 0 Å². The Morgan fingerprint density at radius 2 is 2.11 bits per heavy atom. The molecule has 1 aromatic carbocycles. The molecule has 1 aromatic heterocycles. The van der Waals surface area contributed by atoms with E-state index in [9.17, 15) is 0 Å². The zero-order valence-electron chi connectivity index (χ0n) is 9.71. The van der Waals surface area contributed by atoms with E-state index in [0.29, 0.717) is 12.3 Å². The van der Waals surface area contributed by atoms with Crippen molar-refractivity contribution in [3.05, 3.63) is 48.5 Å². The van der Waals surface area contributed by atoms with Crippen LogP contribution < -0.4 is 10.1 Å². The van der Waals surface area contributed by atoms with Gasteiger partial charge in [-0.05, 0) is 17.7 Å². The molecule has 5 nitrogen and oxygen atoms in total. The largest absolute Gasteiger partial charge is 0.479 e. The maximum absolute atomic E-state index is 8.45. The summed E-state index contributed by atoms with van der Waals surface area (Å²) >= 11 is 0. The molecule has 2 aromatic rings. The van der Waals surface area contributed by atoms with Crippen LogP contribution in [0.5, 0.6) is 5.75 Å². The molecule has 1 N–H and O–H groups in total. The van der Waals surface area contributed by atoms with Crippen LogP contribution in [0.25, 0.3) is 0 Å². The van der Waals surface area contributed by atoms with Gasteiger partial charge in [0.05, 0.1) is 18.1 Å². The first-order valence-electron chi connectivity index (χ1n) is 5.46. The van der Waals surface area contributed by atoms with Gasteiger partial charge in [-0.1, -0.05) is 12.1 Å². The van der Waals surface area contributed by atoms with Gasteiger partial charge in [0.15, 0.2) is 6.61 Å². The van der Waals surface area contributed by atoms with Gasteiger partial charge >= 0.3 is 0 Å². The van der Waals surface area contributed by atoms with E-state index in [-0.39, 0.29) is 6.61 Å². The van der Waals surface area contributed by atoms with Gasteiger partial charge in [0.1, 0.15) is 18.1 Å². The smallest absolute Gasteiger partial charge is 0.174 e. The quantitative estimate of drug-likeness (QED) is 0.865. The second-order valence-electron chi connectivity index (χ2n) is 3.57. The van der Waals surface area contributed by atoms with Gasteiger partial charge in [-0.3, -0.25) is 0 Å². The van der Waals surface area contributed by atoms with Gasteiger partial charge in [0.25, 0.3) is 0 Å². The van der Waals surface area contributed by atoms with Crippen molar-refractivity contribution >= 4 is 5.69 Å². The Bertz CT molecular complexity index is 536. The average Bonchev–Trinajstić information content (AvgIpc) is 2.44. The molecular weight excluding hydrogens is 228 g/mol. The Balaban J connectivity index is 1.95. The van der Waals surface area contributed by atoms with E-state index in [1.807, 2.05) is 30.3 Å². The normalized spacial score (nSPS) is 9.50. The number of nitriles is 1. The molecule has 0 saturated heterocycles. The SMILES string of the molecule is N#CCOc1cccc(CNc2cncnc2)c1. The molecule has 0 spiro atoms. The van der Waals surface area contributed by atoms with Crippen LogP contribution in [0.3, 0.4) is 0 Å². The molecule has 0 unspecified atom stereocenters. The summed E-state index contributed by atoms with van der Waals surface area (Å²) in [6.45, 7) is 0.709. The lowest BCUT2D eigenvalue weighted by Crippen LogP contribution is -2.01. The zero-order chi connectivity index (χ0) is 12.6. The molecule has 0 radical (unpaired) electrons. The number of ether oxygens (including phenoxy) is 1. The minimum atomic E-state index is 0.0589. The Morgan fingerprint density at radius 3 is 2.89 bits per heavy atom. The third kappa shape index (κ3) is 3.46. The monoisotopic (exact) mass is 240 g/mol. The molecule has 1 heterocycles. The van der Waals surface area contributed by atoms with E-state index < -0.39 is 0 Å². The lowest BCUT2D eigenvalue weighted by atomic mass is 10.2. The van der Waals surface area contributed by atoms with E-state index >= 15 is 0 Å². The first kappa shape index (κ1) is 11.9. The molecule has 0 bridgehead atoms. The molecule has 0 aliphatic rings. The predicted molar refractivity (Wildman–Crippen MR) is 66.9 cm³/mol. The summed E-state index contributed by atoms with van der Waals surface area (Å²) in [6.07, 6.45) is 4.91. The summed E-state index contributed by atoms with van der Waals surface area (Å²) < 4.78 is 5.23. The van der Waals surface area contributed by atoms with Gasteiger partial charge in [-0.2, -0.15) is 5.26 Å². The molecule has 18 heavy (non-hydrogen) atoms. The fraction of sp³-hybridized carbons (Fsp3) is 0.154. The van der Waals surface area contributed by atoms with E-state index in [4.69, 9.17) is 10.00 Å². The number of hydrogen-bond acceptors (Lipinski definition) is 5. The van der Waals surface area contributed by atoms with Gasteiger partial charge in [-0.25, -0.2) is 9.97 Å². The zero-order valence-corrected chi connectivity index (χ0v) is 9.71. The lowest BCUT2D eigenvalue weighted by Gasteiger charge is -2.07. The molecule has 5 heteroatoms. The van der Waals surface area contributed by atoms with Crippen LogP contribution in [0.2, 0.25) is 0 Å². The Morgan fingerprint density at radius 1 is 1.28 bits per heavy atom. The molecule has 0 aliphatic heterocycles. The van der Waals surface area contributed by atoms with Crippen molar-refractivity contribution in [3.63, 3.8) is 0 Å². The van der Waals surface area contributed by atoms with Crippen LogP contribution in [0.15, 0.2) is 43.0 Å². The van der Waals surface area contributed by atoms with Crippen LogP contribution in [0, 0.1) is 11.3 Å². The fourth-order valence-electron chi connectivity index (χ4n) is 1.46. The lowest BCUT2D eigenvalue weighted by molar-refractivity contribution is 0.368. The number of nitrogens with one attached hydrogen (secondary N) is 1. The predicted octanol–water partition coefficient (Wildman–Crippen LogP) is 1.99. The highest BCUT2D eigenvalue weighted by atomic mass is 16.5. The van der Waals surface area contributed by atoms with Crippen molar-refractivity contribution in [1.82, 2.24) is 9.97 Å². The Labute approximate surface area is 105 Å². The third-order valence-corrected chi connectivity index (χ3v) is 2.26. The summed E-state index contributed by atoms with van der Waals surface area (Å²) in [6, 6.07) is 9.54. The molecule has 0 saturated carbocycles. The van der Waals surface area contributed by atoms with E-state index in [2.05, 4.69) is 15.3 Å². The molecule has 0 aliphatic carbocycles. The minimum absolute atomic E-state index is 0.0589. The van der Waals surface area contributed by atoms with E-state index in [1.165, 1.54) is 6.33 Å². The van der Waals surface area contributed by atoms with E-state index in [1.54, 1.807) is 12.4 Å². The topological polar surface area (TPSA) is 70.8 Å². The highest BCUT2D eigenvalue weighted by molar-refractivity contribution is 5.39. The van der Waals surface area contributed by atoms with Crippen LogP contribution in [0.1, 0.15) is 5.56 Å². The molecule has 0 amide bonds. The molecule has 0 fully saturated rings. The number of rotatable bonds is 5. The average molecular weight is 240 g/mol. The second kappa shape index (κ2) is 6.21. The second-order valence-corrected chi connectivity index (χ2v) is 3.57. The number of hydrogen-bond donors (Lipinski definition) is 1. The van der Waals surface area contributed by atoms with Crippen molar-refractivity contribution in [3.8, 4) is 11.8 Å².